The molecule has 0 unspecified atom stereocenters. The van der Waals surface area contributed by atoms with Crippen LogP contribution in [0.5, 0.6) is 11.5 Å². The Kier molecular flexibility index (Phi) is 4.70. The van der Waals surface area contributed by atoms with Crippen molar-refractivity contribution in [2.75, 3.05) is 19.7 Å². The smallest absolute Gasteiger partial charge is 0.253 e. The van der Waals surface area contributed by atoms with E-state index >= 15 is 0 Å². The summed E-state index contributed by atoms with van der Waals surface area (Å²) in [5.74, 6) is 1.54. The Morgan fingerprint density at radius 3 is 2.77 bits per heavy atom. The number of hydrogen-bond donors (Lipinski definition) is 0. The first-order valence-corrected chi connectivity index (χ1v) is 10.7. The summed E-state index contributed by atoms with van der Waals surface area (Å²) < 4.78 is 14.3. The van der Waals surface area contributed by atoms with E-state index in [1.54, 1.807) is 0 Å². The van der Waals surface area contributed by atoms with Crippen molar-refractivity contribution in [1.29, 1.82) is 0 Å². The van der Waals surface area contributed by atoms with E-state index < -0.39 is 5.60 Å². The molecule has 0 atom stereocenters. The van der Waals surface area contributed by atoms with Crippen LogP contribution in [0.15, 0.2) is 60.8 Å². The third-order valence-corrected chi connectivity index (χ3v) is 6.19. The predicted octanol–water partition coefficient (Wildman–Crippen LogP) is 5.05. The fraction of sp³-hybridized carbons (Fsp3) is 0.292. The molecule has 2 aliphatic rings. The highest BCUT2D eigenvalue weighted by molar-refractivity contribution is 6.30. The van der Waals surface area contributed by atoms with Crippen molar-refractivity contribution in [1.82, 2.24) is 9.47 Å². The molecule has 0 saturated carbocycles. The monoisotopic (exact) mass is 422 g/mol. The quantitative estimate of drug-likeness (QED) is 0.593. The summed E-state index contributed by atoms with van der Waals surface area (Å²) in [4.78, 5) is 15.0. The van der Waals surface area contributed by atoms with Gasteiger partial charge in [-0.25, -0.2) is 0 Å². The molecule has 2 aliphatic heterocycles. The molecule has 5 rings (SSSR count). The summed E-state index contributed by atoms with van der Waals surface area (Å²) in [5.41, 5.74) is 2.33. The highest BCUT2D eigenvalue weighted by Gasteiger charge is 2.44. The summed E-state index contributed by atoms with van der Waals surface area (Å²) in [6, 6.07) is 17.3. The van der Waals surface area contributed by atoms with Crippen molar-refractivity contribution in [3.63, 3.8) is 0 Å². The van der Waals surface area contributed by atoms with Gasteiger partial charge in [0.05, 0.1) is 18.0 Å². The van der Waals surface area contributed by atoms with Gasteiger partial charge in [-0.3, -0.25) is 4.79 Å². The molecule has 0 N–H and O–H groups in total. The van der Waals surface area contributed by atoms with Gasteiger partial charge in [0.1, 0.15) is 11.5 Å². The summed E-state index contributed by atoms with van der Waals surface area (Å²) in [7, 11) is 0. The van der Waals surface area contributed by atoms with Gasteiger partial charge < -0.3 is 18.9 Å². The van der Waals surface area contributed by atoms with Gasteiger partial charge in [0, 0.05) is 48.8 Å². The molecular formula is C24H23ClN2O3. The number of amides is 1. The Bertz CT molecular complexity index is 1100. The second kappa shape index (κ2) is 7.40. The minimum absolute atomic E-state index is 0.0287. The number of likely N-dealkylation sites (tertiary alicyclic amines) is 1. The van der Waals surface area contributed by atoms with Crippen molar-refractivity contribution in [3.05, 3.63) is 77.1 Å². The Labute approximate surface area is 180 Å². The van der Waals surface area contributed by atoms with E-state index in [0.717, 1.165) is 35.7 Å². The first-order valence-electron chi connectivity index (χ1n) is 10.3. The van der Waals surface area contributed by atoms with Crippen LogP contribution >= 0.6 is 11.6 Å². The molecule has 154 valence electrons. The lowest BCUT2D eigenvalue weighted by molar-refractivity contribution is -0.00930. The molecule has 1 saturated heterocycles. The summed E-state index contributed by atoms with van der Waals surface area (Å²) >= 11 is 6.22. The highest BCUT2D eigenvalue weighted by atomic mass is 35.5. The average molecular weight is 423 g/mol. The first kappa shape index (κ1) is 19.1. The third kappa shape index (κ3) is 3.14. The average Bonchev–Trinajstić information content (AvgIpc) is 3.25. The SMILES string of the molecule is CCOc1cccc(C(=O)N2CCC3(CC2)Oc2cc(Cl)ccc2-n2cccc23)c1. The van der Waals surface area contributed by atoms with Gasteiger partial charge >= 0.3 is 0 Å². The molecule has 1 amide bonds. The number of fused-ring (bicyclic) bond motifs is 4. The Morgan fingerprint density at radius 2 is 1.97 bits per heavy atom. The lowest BCUT2D eigenvalue weighted by atomic mass is 9.86. The fourth-order valence-electron chi connectivity index (χ4n) is 4.49. The maximum atomic E-state index is 13.1. The second-order valence-corrected chi connectivity index (χ2v) is 8.16. The number of nitrogens with zero attached hydrogens (tertiary/aromatic N) is 2. The van der Waals surface area contributed by atoms with Crippen LogP contribution in [0.2, 0.25) is 5.02 Å². The number of halogens is 1. The van der Waals surface area contributed by atoms with Crippen LogP contribution in [0.3, 0.4) is 0 Å². The van der Waals surface area contributed by atoms with Crippen molar-refractivity contribution >= 4 is 17.5 Å². The second-order valence-electron chi connectivity index (χ2n) is 7.72. The van der Waals surface area contributed by atoms with E-state index in [1.807, 2.05) is 60.4 Å². The minimum atomic E-state index is -0.453. The van der Waals surface area contributed by atoms with Crippen molar-refractivity contribution in [3.8, 4) is 17.2 Å². The van der Waals surface area contributed by atoms with Crippen LogP contribution in [0.4, 0.5) is 0 Å². The number of aromatic nitrogens is 1. The molecule has 2 aromatic carbocycles. The van der Waals surface area contributed by atoms with E-state index in [9.17, 15) is 4.79 Å². The lowest BCUT2D eigenvalue weighted by Crippen LogP contribution is -2.50. The molecule has 1 fully saturated rings. The van der Waals surface area contributed by atoms with Crippen LogP contribution < -0.4 is 9.47 Å². The zero-order chi connectivity index (χ0) is 20.7. The Morgan fingerprint density at radius 1 is 1.13 bits per heavy atom. The molecule has 3 aromatic rings. The summed E-state index contributed by atoms with van der Waals surface area (Å²) in [6.07, 6.45) is 3.50. The van der Waals surface area contributed by atoms with Crippen molar-refractivity contribution in [2.45, 2.75) is 25.4 Å². The van der Waals surface area contributed by atoms with Gasteiger partial charge in [0.2, 0.25) is 0 Å². The summed E-state index contributed by atoms with van der Waals surface area (Å²) in [5, 5.41) is 0.654. The number of benzene rings is 2. The van der Waals surface area contributed by atoms with Gasteiger partial charge in [0.25, 0.3) is 5.91 Å². The molecule has 0 radical (unpaired) electrons. The highest BCUT2D eigenvalue weighted by Crippen LogP contribution is 2.45. The van der Waals surface area contributed by atoms with E-state index in [2.05, 4.69) is 16.8 Å². The predicted molar refractivity (Wildman–Crippen MR) is 116 cm³/mol. The number of hydrogen-bond acceptors (Lipinski definition) is 3. The topological polar surface area (TPSA) is 43.7 Å². The van der Waals surface area contributed by atoms with Gasteiger partial charge in [-0.15, -0.1) is 0 Å². The Hall–Kier alpha value is -2.92. The molecule has 0 aliphatic carbocycles. The normalized spacial score (nSPS) is 16.5. The number of ether oxygens (including phenoxy) is 2. The Balaban J connectivity index is 1.38. The summed E-state index contributed by atoms with van der Waals surface area (Å²) in [6.45, 7) is 3.76. The molecule has 30 heavy (non-hydrogen) atoms. The zero-order valence-corrected chi connectivity index (χ0v) is 17.6. The largest absolute Gasteiger partial charge is 0.494 e. The van der Waals surface area contributed by atoms with Crippen molar-refractivity contribution < 1.29 is 14.3 Å². The van der Waals surface area contributed by atoms with Crippen LogP contribution in [-0.4, -0.2) is 35.1 Å². The third-order valence-electron chi connectivity index (χ3n) is 5.95. The van der Waals surface area contributed by atoms with Crippen LogP contribution in [-0.2, 0) is 5.60 Å². The van der Waals surface area contributed by atoms with Gasteiger partial charge in [-0.1, -0.05) is 17.7 Å². The minimum Gasteiger partial charge on any atom is -0.494 e. The molecule has 0 bridgehead atoms. The van der Waals surface area contributed by atoms with Crippen LogP contribution in [0.25, 0.3) is 5.69 Å². The van der Waals surface area contributed by atoms with E-state index in [4.69, 9.17) is 21.1 Å². The first-order chi connectivity index (χ1) is 14.6. The van der Waals surface area contributed by atoms with Gasteiger partial charge in [0.15, 0.2) is 5.60 Å². The van der Waals surface area contributed by atoms with Gasteiger partial charge in [-0.05, 0) is 49.4 Å². The molecule has 1 aromatic heterocycles. The number of carbonyl (C=O) groups is 1. The fourth-order valence-corrected chi connectivity index (χ4v) is 4.65. The zero-order valence-electron chi connectivity index (χ0n) is 16.8. The van der Waals surface area contributed by atoms with Crippen molar-refractivity contribution in [2.24, 2.45) is 0 Å². The maximum Gasteiger partial charge on any atom is 0.253 e. The molecule has 6 heteroatoms. The maximum absolute atomic E-state index is 13.1. The lowest BCUT2D eigenvalue weighted by Gasteiger charge is -2.45. The number of piperidine rings is 1. The number of rotatable bonds is 3. The standard InChI is InChI=1S/C24H23ClN2O3/c1-2-29-19-6-3-5-17(15-19)23(28)26-13-10-24(11-14-26)22-7-4-12-27(22)20-9-8-18(25)16-21(20)30-24/h3-9,12,15-16H,2,10-11,13-14H2,1H3. The van der Waals surface area contributed by atoms with Crippen LogP contribution in [0, 0.1) is 0 Å². The molecule has 1 spiro atoms. The molecular weight excluding hydrogens is 400 g/mol. The van der Waals surface area contributed by atoms with Crippen LogP contribution in [0.1, 0.15) is 35.8 Å². The van der Waals surface area contributed by atoms with E-state index in [0.29, 0.717) is 30.3 Å². The van der Waals surface area contributed by atoms with Gasteiger partial charge in [-0.2, -0.15) is 0 Å². The van der Waals surface area contributed by atoms with E-state index in [-0.39, 0.29) is 5.91 Å². The molecule has 3 heterocycles. The van der Waals surface area contributed by atoms with E-state index in [1.165, 1.54) is 0 Å². The molecule has 5 nitrogen and oxygen atoms in total. The number of carbonyl (C=O) groups excluding carboxylic acids is 1.